The van der Waals surface area contributed by atoms with Crippen molar-refractivity contribution in [1.82, 2.24) is 9.97 Å². The summed E-state index contributed by atoms with van der Waals surface area (Å²) in [6.45, 7) is 4.20. The van der Waals surface area contributed by atoms with Crippen molar-refractivity contribution in [3.05, 3.63) is 34.2 Å². The number of thiophene rings is 1. The normalized spacial score (nSPS) is 12.2. The average molecular weight is 277 g/mol. The lowest BCUT2D eigenvalue weighted by molar-refractivity contribution is 0.677. The summed E-state index contributed by atoms with van der Waals surface area (Å²) in [5.74, 6) is 6.71. The lowest BCUT2D eigenvalue weighted by Crippen LogP contribution is -2.32. The second kappa shape index (κ2) is 5.99. The van der Waals surface area contributed by atoms with Crippen LogP contribution in [0.25, 0.3) is 0 Å². The van der Waals surface area contributed by atoms with Gasteiger partial charge in [-0.2, -0.15) is 4.98 Å². The van der Waals surface area contributed by atoms with Crippen LogP contribution in [0.1, 0.15) is 17.4 Å². The zero-order valence-corrected chi connectivity index (χ0v) is 12.2. The molecule has 3 N–H and O–H groups in total. The topological polar surface area (TPSA) is 67.1 Å². The number of nitrogens with zero attached hydrogens (tertiary/aromatic N) is 3. The van der Waals surface area contributed by atoms with Crippen LogP contribution in [-0.2, 0) is 6.42 Å². The molecule has 1 atom stereocenters. The molecule has 6 heteroatoms. The van der Waals surface area contributed by atoms with Crippen LogP contribution in [0.5, 0.6) is 0 Å². The molecular weight excluding hydrogens is 258 g/mol. The molecule has 0 radical (unpaired) electrons. The van der Waals surface area contributed by atoms with Gasteiger partial charge >= 0.3 is 0 Å². The Morgan fingerprint density at radius 1 is 1.53 bits per heavy atom. The van der Waals surface area contributed by atoms with Gasteiger partial charge in [0.2, 0.25) is 5.95 Å². The number of aromatic nitrogens is 2. The summed E-state index contributed by atoms with van der Waals surface area (Å²) in [4.78, 5) is 12.1. The first-order valence-corrected chi connectivity index (χ1v) is 7.05. The number of nitrogen functional groups attached to an aromatic ring is 1. The van der Waals surface area contributed by atoms with Gasteiger partial charge in [-0.05, 0) is 25.3 Å². The summed E-state index contributed by atoms with van der Waals surface area (Å²) in [6, 6.07) is 4.60. The van der Waals surface area contributed by atoms with Gasteiger partial charge in [-0.3, -0.25) is 5.43 Å². The first-order chi connectivity index (χ1) is 9.11. The van der Waals surface area contributed by atoms with E-state index in [-0.39, 0.29) is 0 Å². The molecule has 0 fully saturated rings. The fourth-order valence-corrected chi connectivity index (χ4v) is 2.75. The number of rotatable bonds is 5. The minimum absolute atomic E-state index is 0.359. The fraction of sp³-hybridized carbons (Fsp3) is 0.385. The van der Waals surface area contributed by atoms with Crippen LogP contribution in [0.4, 0.5) is 11.8 Å². The molecule has 2 aromatic rings. The molecule has 0 saturated carbocycles. The molecule has 102 valence electrons. The van der Waals surface area contributed by atoms with Crippen molar-refractivity contribution in [3.8, 4) is 0 Å². The molecule has 2 heterocycles. The Balaban J connectivity index is 2.16. The molecule has 5 nitrogen and oxygen atoms in total. The van der Waals surface area contributed by atoms with Gasteiger partial charge in [-0.1, -0.05) is 6.07 Å². The monoisotopic (exact) mass is 277 g/mol. The van der Waals surface area contributed by atoms with Crippen LogP contribution in [0.15, 0.2) is 23.7 Å². The van der Waals surface area contributed by atoms with E-state index < -0.39 is 0 Å². The van der Waals surface area contributed by atoms with E-state index >= 15 is 0 Å². The Bertz CT molecular complexity index is 526. The molecule has 0 aliphatic carbocycles. The highest BCUT2D eigenvalue weighted by Crippen LogP contribution is 2.21. The van der Waals surface area contributed by atoms with E-state index in [1.54, 1.807) is 17.5 Å². The van der Waals surface area contributed by atoms with Crippen LogP contribution in [-0.4, -0.2) is 23.1 Å². The van der Waals surface area contributed by atoms with Crippen molar-refractivity contribution in [2.24, 2.45) is 5.84 Å². The van der Waals surface area contributed by atoms with E-state index in [0.717, 1.165) is 17.8 Å². The van der Waals surface area contributed by atoms with Gasteiger partial charge in [0.15, 0.2) is 0 Å². The molecule has 0 bridgehead atoms. The molecule has 0 aromatic carbocycles. The average Bonchev–Trinajstić information content (AvgIpc) is 2.91. The van der Waals surface area contributed by atoms with Gasteiger partial charge in [0.1, 0.15) is 5.82 Å². The third kappa shape index (κ3) is 3.21. The third-order valence-electron chi connectivity index (χ3n) is 3.15. The number of aryl methyl sites for hydroxylation is 1. The van der Waals surface area contributed by atoms with E-state index in [4.69, 9.17) is 5.84 Å². The minimum Gasteiger partial charge on any atom is -0.356 e. The Hall–Kier alpha value is -1.66. The van der Waals surface area contributed by atoms with Gasteiger partial charge < -0.3 is 4.90 Å². The first kappa shape index (κ1) is 13.8. The van der Waals surface area contributed by atoms with Crippen LogP contribution in [0.2, 0.25) is 0 Å². The van der Waals surface area contributed by atoms with Crippen molar-refractivity contribution in [2.45, 2.75) is 26.3 Å². The van der Waals surface area contributed by atoms with Crippen molar-refractivity contribution in [3.63, 3.8) is 0 Å². The highest BCUT2D eigenvalue weighted by atomic mass is 32.1. The van der Waals surface area contributed by atoms with E-state index in [1.165, 1.54) is 4.88 Å². The number of likely N-dealkylation sites (N-methyl/N-ethyl adjacent to an activating group) is 1. The Kier molecular flexibility index (Phi) is 4.34. The van der Waals surface area contributed by atoms with Gasteiger partial charge in [-0.25, -0.2) is 10.8 Å². The molecule has 2 aromatic heterocycles. The molecular formula is C13H19N5S. The highest BCUT2D eigenvalue weighted by molar-refractivity contribution is 7.09. The Morgan fingerprint density at radius 2 is 2.32 bits per heavy atom. The number of hydrazine groups is 1. The molecule has 0 spiro atoms. The number of hydrogen-bond acceptors (Lipinski definition) is 6. The van der Waals surface area contributed by atoms with Crippen molar-refractivity contribution in [1.29, 1.82) is 0 Å². The largest absolute Gasteiger partial charge is 0.356 e. The molecule has 0 aliphatic heterocycles. The van der Waals surface area contributed by atoms with Gasteiger partial charge in [0.25, 0.3) is 0 Å². The summed E-state index contributed by atoms with van der Waals surface area (Å²) >= 11 is 1.78. The lowest BCUT2D eigenvalue weighted by Gasteiger charge is -2.27. The summed E-state index contributed by atoms with van der Waals surface area (Å²) < 4.78 is 0. The Labute approximate surface area is 117 Å². The zero-order chi connectivity index (χ0) is 13.8. The summed E-state index contributed by atoms with van der Waals surface area (Å²) in [5, 5.41) is 2.11. The van der Waals surface area contributed by atoms with E-state index in [2.05, 4.69) is 44.7 Å². The molecule has 0 amide bonds. The third-order valence-corrected chi connectivity index (χ3v) is 4.04. The van der Waals surface area contributed by atoms with Crippen LogP contribution < -0.4 is 16.2 Å². The predicted molar refractivity (Wildman–Crippen MR) is 80.5 cm³/mol. The number of nitrogens with one attached hydrogen (secondary N) is 1. The zero-order valence-electron chi connectivity index (χ0n) is 11.4. The molecule has 0 saturated heterocycles. The van der Waals surface area contributed by atoms with Gasteiger partial charge in [-0.15, -0.1) is 11.3 Å². The van der Waals surface area contributed by atoms with Gasteiger partial charge in [0.05, 0.1) is 0 Å². The molecule has 0 aliphatic rings. The van der Waals surface area contributed by atoms with E-state index in [1.807, 2.05) is 14.0 Å². The maximum atomic E-state index is 5.36. The summed E-state index contributed by atoms with van der Waals surface area (Å²) in [5.41, 5.74) is 3.53. The number of nitrogens with two attached hydrogens (primary N) is 1. The maximum Gasteiger partial charge on any atom is 0.239 e. The second-order valence-corrected chi connectivity index (χ2v) is 5.62. The first-order valence-electron chi connectivity index (χ1n) is 6.17. The molecule has 1 unspecified atom stereocenters. The smallest absolute Gasteiger partial charge is 0.239 e. The SMILES string of the molecule is Cc1cnc(NN)nc1N(C)C(C)Cc1cccs1. The second-order valence-electron chi connectivity index (χ2n) is 4.59. The van der Waals surface area contributed by atoms with Crippen LogP contribution in [0.3, 0.4) is 0 Å². The quantitative estimate of drug-likeness (QED) is 0.648. The fourth-order valence-electron chi connectivity index (χ4n) is 1.93. The van der Waals surface area contributed by atoms with Crippen LogP contribution in [0, 0.1) is 6.92 Å². The maximum absolute atomic E-state index is 5.36. The highest BCUT2D eigenvalue weighted by Gasteiger charge is 2.15. The number of hydrogen-bond donors (Lipinski definition) is 2. The van der Waals surface area contributed by atoms with Crippen molar-refractivity contribution < 1.29 is 0 Å². The van der Waals surface area contributed by atoms with Gasteiger partial charge in [0, 0.05) is 36.1 Å². The van der Waals surface area contributed by atoms with Crippen molar-refractivity contribution >= 4 is 23.1 Å². The summed E-state index contributed by atoms with van der Waals surface area (Å²) in [7, 11) is 2.05. The Morgan fingerprint density at radius 3 is 2.95 bits per heavy atom. The molecule has 19 heavy (non-hydrogen) atoms. The summed E-state index contributed by atoms with van der Waals surface area (Å²) in [6.07, 6.45) is 2.79. The van der Waals surface area contributed by atoms with E-state index in [0.29, 0.717) is 12.0 Å². The van der Waals surface area contributed by atoms with Crippen molar-refractivity contribution in [2.75, 3.05) is 17.4 Å². The minimum atomic E-state index is 0.359. The van der Waals surface area contributed by atoms with E-state index in [9.17, 15) is 0 Å². The lowest BCUT2D eigenvalue weighted by atomic mass is 10.1. The molecule has 2 rings (SSSR count). The standard InChI is InChI=1S/C13H19N5S/c1-9-8-15-13(17-14)16-12(9)18(3)10(2)7-11-5-4-6-19-11/h4-6,8,10H,7,14H2,1-3H3,(H,15,16,17). The predicted octanol–water partition coefficient (Wildman–Crippen LogP) is 2.20. The van der Waals surface area contributed by atoms with Crippen LogP contribution >= 0.6 is 11.3 Å². The number of anilines is 2.